The van der Waals surface area contributed by atoms with Gasteiger partial charge in [0.2, 0.25) is 5.91 Å². The van der Waals surface area contributed by atoms with Gasteiger partial charge in [-0.1, -0.05) is 0 Å². The molecule has 0 spiro atoms. The van der Waals surface area contributed by atoms with Crippen molar-refractivity contribution in [2.24, 2.45) is 11.7 Å². The van der Waals surface area contributed by atoms with Gasteiger partial charge in [0.1, 0.15) is 6.04 Å². The van der Waals surface area contributed by atoms with Crippen molar-refractivity contribution in [1.29, 1.82) is 0 Å². The van der Waals surface area contributed by atoms with Crippen LogP contribution in [0.1, 0.15) is 19.8 Å². The number of amides is 1. The molecule has 1 fully saturated rings. The summed E-state index contributed by atoms with van der Waals surface area (Å²) in [6, 6.07) is -0.782. The number of ether oxygens (including phenoxy) is 1. The van der Waals surface area contributed by atoms with E-state index < -0.39 is 12.0 Å². The third kappa shape index (κ3) is 5.66. The quantitative estimate of drug-likeness (QED) is 0.585. The number of carbonyl (C=O) groups is 2. The number of nitrogens with one attached hydrogen (secondary N) is 2. The van der Waals surface area contributed by atoms with E-state index in [2.05, 4.69) is 10.6 Å². The molecule has 1 aliphatic heterocycles. The SMILES string of the molecule is CCOC(=O)[C@@H](N)CNC(=O)C1CCCNC1.Cl. The predicted octanol–water partition coefficient (Wildman–Crippen LogP) is -0.586. The lowest BCUT2D eigenvalue weighted by Crippen LogP contribution is -2.47. The minimum absolute atomic E-state index is 0. The van der Waals surface area contributed by atoms with E-state index >= 15 is 0 Å². The van der Waals surface area contributed by atoms with Gasteiger partial charge in [-0.2, -0.15) is 0 Å². The summed E-state index contributed by atoms with van der Waals surface area (Å²) < 4.78 is 4.75. The fourth-order valence-electron chi connectivity index (χ4n) is 1.76. The molecule has 1 aliphatic rings. The van der Waals surface area contributed by atoms with Crippen molar-refractivity contribution < 1.29 is 14.3 Å². The highest BCUT2D eigenvalue weighted by Gasteiger charge is 2.22. The Hall–Kier alpha value is -0.850. The number of carbonyl (C=O) groups excluding carboxylic acids is 2. The van der Waals surface area contributed by atoms with E-state index in [1.165, 1.54) is 0 Å². The lowest BCUT2D eigenvalue weighted by atomic mass is 9.99. The zero-order chi connectivity index (χ0) is 12.7. The van der Waals surface area contributed by atoms with Gasteiger partial charge in [-0.05, 0) is 26.3 Å². The highest BCUT2D eigenvalue weighted by atomic mass is 35.5. The molecule has 0 aromatic heterocycles. The molecule has 1 rings (SSSR count). The molecular formula is C11H22ClN3O3. The van der Waals surface area contributed by atoms with Crippen LogP contribution >= 0.6 is 12.4 Å². The number of rotatable bonds is 5. The minimum Gasteiger partial charge on any atom is -0.465 e. The number of esters is 1. The van der Waals surface area contributed by atoms with Crippen molar-refractivity contribution in [3.8, 4) is 0 Å². The smallest absolute Gasteiger partial charge is 0.324 e. The maximum absolute atomic E-state index is 11.7. The number of hydrogen-bond donors (Lipinski definition) is 3. The molecule has 1 saturated heterocycles. The fourth-order valence-corrected chi connectivity index (χ4v) is 1.76. The second kappa shape index (κ2) is 9.13. The van der Waals surface area contributed by atoms with Crippen LogP contribution in [0.25, 0.3) is 0 Å². The zero-order valence-corrected chi connectivity index (χ0v) is 11.4. The van der Waals surface area contributed by atoms with Gasteiger partial charge in [0, 0.05) is 13.1 Å². The van der Waals surface area contributed by atoms with Crippen LogP contribution in [-0.2, 0) is 14.3 Å². The molecule has 0 saturated carbocycles. The zero-order valence-electron chi connectivity index (χ0n) is 10.6. The van der Waals surface area contributed by atoms with E-state index in [-0.39, 0.29) is 30.8 Å². The molecule has 4 N–H and O–H groups in total. The van der Waals surface area contributed by atoms with Crippen molar-refractivity contribution in [3.63, 3.8) is 0 Å². The summed E-state index contributed by atoms with van der Waals surface area (Å²) in [5, 5.41) is 5.85. The van der Waals surface area contributed by atoms with E-state index in [1.54, 1.807) is 6.92 Å². The Labute approximate surface area is 113 Å². The Kier molecular flexibility index (Phi) is 8.70. The number of halogens is 1. The van der Waals surface area contributed by atoms with Crippen molar-refractivity contribution in [3.05, 3.63) is 0 Å². The third-order valence-electron chi connectivity index (χ3n) is 2.75. The van der Waals surface area contributed by atoms with Gasteiger partial charge in [-0.3, -0.25) is 9.59 Å². The van der Waals surface area contributed by atoms with Gasteiger partial charge in [0.15, 0.2) is 0 Å². The fraction of sp³-hybridized carbons (Fsp3) is 0.818. The molecular weight excluding hydrogens is 258 g/mol. The molecule has 0 aliphatic carbocycles. The Morgan fingerprint density at radius 3 is 2.83 bits per heavy atom. The molecule has 0 radical (unpaired) electrons. The summed E-state index contributed by atoms with van der Waals surface area (Å²) in [6.45, 7) is 3.81. The topological polar surface area (TPSA) is 93.4 Å². The highest BCUT2D eigenvalue weighted by molar-refractivity contribution is 5.85. The number of piperidine rings is 1. The first kappa shape index (κ1) is 17.2. The van der Waals surface area contributed by atoms with Gasteiger partial charge in [0.05, 0.1) is 12.5 Å². The van der Waals surface area contributed by atoms with E-state index in [4.69, 9.17) is 10.5 Å². The Balaban J connectivity index is 0.00000289. The standard InChI is InChI=1S/C11H21N3O3.ClH/c1-2-17-11(16)9(12)7-14-10(15)8-4-3-5-13-6-8;/h8-9,13H,2-7,12H2,1H3,(H,14,15);1H/t8?,9-;/m0./s1. The second-order valence-electron chi connectivity index (χ2n) is 4.15. The van der Waals surface area contributed by atoms with E-state index in [0.717, 1.165) is 19.4 Å². The first-order chi connectivity index (χ1) is 8.15. The van der Waals surface area contributed by atoms with Gasteiger partial charge < -0.3 is 21.1 Å². The molecule has 1 amide bonds. The van der Waals surface area contributed by atoms with Crippen LogP contribution in [0.15, 0.2) is 0 Å². The first-order valence-corrected chi connectivity index (χ1v) is 6.05. The average molecular weight is 280 g/mol. The van der Waals surface area contributed by atoms with E-state index in [9.17, 15) is 9.59 Å². The monoisotopic (exact) mass is 279 g/mol. The summed E-state index contributed by atoms with van der Waals surface area (Å²) in [5.41, 5.74) is 5.58. The molecule has 0 aromatic rings. The molecule has 6 nitrogen and oxygen atoms in total. The van der Waals surface area contributed by atoms with E-state index in [1.807, 2.05) is 0 Å². The molecule has 0 bridgehead atoms. The molecule has 18 heavy (non-hydrogen) atoms. The maximum Gasteiger partial charge on any atom is 0.324 e. The molecule has 0 aromatic carbocycles. The van der Waals surface area contributed by atoms with Crippen LogP contribution in [0.3, 0.4) is 0 Å². The summed E-state index contributed by atoms with van der Waals surface area (Å²) >= 11 is 0. The van der Waals surface area contributed by atoms with E-state index in [0.29, 0.717) is 13.2 Å². The third-order valence-corrected chi connectivity index (χ3v) is 2.75. The van der Waals surface area contributed by atoms with Gasteiger partial charge in [-0.25, -0.2) is 0 Å². The van der Waals surface area contributed by atoms with Crippen molar-refractivity contribution in [2.75, 3.05) is 26.2 Å². The van der Waals surface area contributed by atoms with Crippen LogP contribution in [0, 0.1) is 5.92 Å². The van der Waals surface area contributed by atoms with Crippen molar-refractivity contribution in [2.45, 2.75) is 25.8 Å². The maximum atomic E-state index is 11.7. The minimum atomic E-state index is -0.782. The van der Waals surface area contributed by atoms with Crippen LogP contribution < -0.4 is 16.4 Å². The molecule has 1 unspecified atom stereocenters. The molecule has 1 heterocycles. The van der Waals surface area contributed by atoms with Gasteiger partial charge in [-0.15, -0.1) is 12.4 Å². The lowest BCUT2D eigenvalue weighted by molar-refractivity contribution is -0.144. The van der Waals surface area contributed by atoms with Gasteiger partial charge >= 0.3 is 5.97 Å². The van der Waals surface area contributed by atoms with Crippen molar-refractivity contribution in [1.82, 2.24) is 10.6 Å². The van der Waals surface area contributed by atoms with Gasteiger partial charge in [0.25, 0.3) is 0 Å². The molecule has 106 valence electrons. The van der Waals surface area contributed by atoms with Crippen LogP contribution in [0.4, 0.5) is 0 Å². The average Bonchev–Trinajstić information content (AvgIpc) is 2.36. The predicted molar refractivity (Wildman–Crippen MR) is 70.5 cm³/mol. The number of hydrogen-bond acceptors (Lipinski definition) is 5. The molecule has 7 heteroatoms. The largest absolute Gasteiger partial charge is 0.465 e. The molecule has 2 atom stereocenters. The van der Waals surface area contributed by atoms with Crippen LogP contribution in [0.2, 0.25) is 0 Å². The Morgan fingerprint density at radius 2 is 2.28 bits per heavy atom. The van der Waals surface area contributed by atoms with Crippen LogP contribution in [0.5, 0.6) is 0 Å². The Bertz CT molecular complexity index is 270. The summed E-state index contributed by atoms with van der Waals surface area (Å²) in [4.78, 5) is 22.9. The highest BCUT2D eigenvalue weighted by Crippen LogP contribution is 2.09. The van der Waals surface area contributed by atoms with Crippen LogP contribution in [-0.4, -0.2) is 44.2 Å². The summed E-state index contributed by atoms with van der Waals surface area (Å²) in [7, 11) is 0. The summed E-state index contributed by atoms with van der Waals surface area (Å²) in [6.07, 6.45) is 1.88. The number of nitrogens with two attached hydrogens (primary N) is 1. The second-order valence-corrected chi connectivity index (χ2v) is 4.15. The lowest BCUT2D eigenvalue weighted by Gasteiger charge is -2.22. The first-order valence-electron chi connectivity index (χ1n) is 6.05. The van der Waals surface area contributed by atoms with Crippen molar-refractivity contribution >= 4 is 24.3 Å². The normalized spacial score (nSPS) is 20.4. The Morgan fingerprint density at radius 1 is 1.56 bits per heavy atom. The summed E-state index contributed by atoms with van der Waals surface area (Å²) in [5.74, 6) is -0.537.